The van der Waals surface area contributed by atoms with Crippen LogP contribution in [0.15, 0.2) is 18.5 Å². The van der Waals surface area contributed by atoms with Gasteiger partial charge >= 0.3 is 0 Å². The lowest BCUT2D eigenvalue weighted by atomic mass is 10.0. The second-order valence-corrected chi connectivity index (χ2v) is 4.43. The Morgan fingerprint density at radius 3 is 2.67 bits per heavy atom. The van der Waals surface area contributed by atoms with Crippen LogP contribution in [0, 0.1) is 0 Å². The van der Waals surface area contributed by atoms with Crippen LogP contribution in [0.2, 0.25) is 0 Å². The predicted molar refractivity (Wildman–Crippen MR) is 71.3 cm³/mol. The molecule has 1 atom stereocenters. The van der Waals surface area contributed by atoms with Crippen molar-refractivity contribution in [2.75, 3.05) is 6.54 Å². The zero-order chi connectivity index (χ0) is 13.1. The summed E-state index contributed by atoms with van der Waals surface area (Å²) in [6.07, 6.45) is 4.87. The normalized spacial score (nSPS) is 12.9. The van der Waals surface area contributed by atoms with Crippen LogP contribution in [0.3, 0.4) is 0 Å². The third-order valence-electron chi connectivity index (χ3n) is 3.15. The van der Waals surface area contributed by atoms with Gasteiger partial charge < -0.3 is 5.32 Å². The van der Waals surface area contributed by atoms with Crippen molar-refractivity contribution in [3.05, 3.63) is 35.4 Å². The molecule has 0 aliphatic rings. The van der Waals surface area contributed by atoms with Crippen molar-refractivity contribution in [2.24, 2.45) is 14.1 Å². The zero-order valence-corrected chi connectivity index (χ0v) is 11.5. The monoisotopic (exact) mass is 247 g/mol. The molecule has 0 saturated heterocycles. The topological polar surface area (TPSA) is 47.7 Å². The molecule has 2 heterocycles. The molecule has 0 saturated carbocycles. The molecule has 2 aromatic heterocycles. The number of rotatable bonds is 5. The van der Waals surface area contributed by atoms with E-state index in [2.05, 4.69) is 41.6 Å². The standard InChI is InChI=1S/C13H21N5/c1-5-11-10(9-17(3)16-11)13(14-6-2)12-7-8-15-18(12)4/h7-9,13-14H,5-6H2,1-4H3. The van der Waals surface area contributed by atoms with E-state index in [0.717, 1.165) is 18.7 Å². The first kappa shape index (κ1) is 12.8. The van der Waals surface area contributed by atoms with E-state index in [-0.39, 0.29) is 6.04 Å². The van der Waals surface area contributed by atoms with Crippen LogP contribution in [0.1, 0.15) is 36.8 Å². The Morgan fingerprint density at radius 2 is 2.11 bits per heavy atom. The second-order valence-electron chi connectivity index (χ2n) is 4.43. The first-order valence-corrected chi connectivity index (χ1v) is 6.41. The summed E-state index contributed by atoms with van der Waals surface area (Å²) in [6.45, 7) is 5.16. The molecule has 0 fully saturated rings. The van der Waals surface area contributed by atoms with E-state index in [1.807, 2.05) is 29.7 Å². The summed E-state index contributed by atoms with van der Waals surface area (Å²) < 4.78 is 3.80. The molecule has 1 unspecified atom stereocenters. The van der Waals surface area contributed by atoms with Crippen molar-refractivity contribution in [1.82, 2.24) is 24.9 Å². The highest BCUT2D eigenvalue weighted by atomic mass is 15.3. The number of aromatic nitrogens is 4. The SMILES string of the molecule is CCNC(c1cn(C)nc1CC)c1ccnn1C. The molecule has 0 bridgehead atoms. The first-order valence-electron chi connectivity index (χ1n) is 6.41. The van der Waals surface area contributed by atoms with Gasteiger partial charge in [-0.25, -0.2) is 0 Å². The Balaban J connectivity index is 2.44. The van der Waals surface area contributed by atoms with Gasteiger partial charge in [-0.1, -0.05) is 13.8 Å². The maximum Gasteiger partial charge on any atom is 0.0781 e. The first-order chi connectivity index (χ1) is 8.67. The molecular weight excluding hydrogens is 226 g/mol. The van der Waals surface area contributed by atoms with Gasteiger partial charge in [-0.3, -0.25) is 9.36 Å². The van der Waals surface area contributed by atoms with Crippen LogP contribution in [0.5, 0.6) is 0 Å². The van der Waals surface area contributed by atoms with Crippen molar-refractivity contribution >= 4 is 0 Å². The maximum absolute atomic E-state index is 4.52. The van der Waals surface area contributed by atoms with E-state index < -0.39 is 0 Å². The number of hydrogen-bond acceptors (Lipinski definition) is 3. The molecule has 0 amide bonds. The van der Waals surface area contributed by atoms with Gasteiger partial charge in [0, 0.05) is 32.1 Å². The average Bonchev–Trinajstić information content (AvgIpc) is 2.92. The van der Waals surface area contributed by atoms with Gasteiger partial charge in [0.05, 0.1) is 17.4 Å². The molecule has 0 aliphatic carbocycles. The Labute approximate surface area is 108 Å². The van der Waals surface area contributed by atoms with Gasteiger partial charge in [0.2, 0.25) is 0 Å². The summed E-state index contributed by atoms with van der Waals surface area (Å²) in [5.74, 6) is 0. The number of aryl methyl sites for hydroxylation is 3. The smallest absolute Gasteiger partial charge is 0.0781 e. The second kappa shape index (κ2) is 5.35. The van der Waals surface area contributed by atoms with E-state index in [4.69, 9.17) is 0 Å². The molecule has 0 radical (unpaired) electrons. The van der Waals surface area contributed by atoms with E-state index >= 15 is 0 Å². The molecule has 0 aliphatic heterocycles. The number of nitrogens with one attached hydrogen (secondary N) is 1. The minimum absolute atomic E-state index is 0.158. The van der Waals surface area contributed by atoms with Crippen LogP contribution >= 0.6 is 0 Å². The molecule has 98 valence electrons. The lowest BCUT2D eigenvalue weighted by Gasteiger charge is -2.18. The third kappa shape index (κ3) is 2.31. The van der Waals surface area contributed by atoms with Gasteiger partial charge in [-0.05, 0) is 19.0 Å². The van der Waals surface area contributed by atoms with E-state index in [1.54, 1.807) is 0 Å². The third-order valence-corrected chi connectivity index (χ3v) is 3.15. The maximum atomic E-state index is 4.52. The Bertz CT molecular complexity index is 511. The molecule has 2 rings (SSSR count). The predicted octanol–water partition coefficient (Wildman–Crippen LogP) is 1.41. The van der Waals surface area contributed by atoms with Crippen LogP contribution in [0.25, 0.3) is 0 Å². The van der Waals surface area contributed by atoms with Gasteiger partial charge in [-0.2, -0.15) is 10.2 Å². The number of nitrogens with zero attached hydrogens (tertiary/aromatic N) is 4. The minimum atomic E-state index is 0.158. The van der Waals surface area contributed by atoms with Crippen LogP contribution in [-0.4, -0.2) is 26.1 Å². The van der Waals surface area contributed by atoms with Crippen molar-refractivity contribution in [2.45, 2.75) is 26.3 Å². The quantitative estimate of drug-likeness (QED) is 0.869. The van der Waals surface area contributed by atoms with E-state index in [1.165, 1.54) is 11.3 Å². The molecule has 0 spiro atoms. The molecule has 5 heteroatoms. The summed E-state index contributed by atoms with van der Waals surface area (Å²) in [7, 11) is 3.94. The Morgan fingerprint density at radius 1 is 1.33 bits per heavy atom. The average molecular weight is 247 g/mol. The summed E-state index contributed by atoms with van der Waals surface area (Å²) in [5.41, 5.74) is 3.55. The van der Waals surface area contributed by atoms with Crippen molar-refractivity contribution in [1.29, 1.82) is 0 Å². The molecule has 2 aromatic rings. The molecule has 0 aromatic carbocycles. The molecular formula is C13H21N5. The van der Waals surface area contributed by atoms with Crippen LogP contribution < -0.4 is 5.32 Å². The Kier molecular flexibility index (Phi) is 3.81. The van der Waals surface area contributed by atoms with Crippen LogP contribution in [0.4, 0.5) is 0 Å². The summed E-state index contributed by atoms with van der Waals surface area (Å²) >= 11 is 0. The summed E-state index contributed by atoms with van der Waals surface area (Å²) in [6, 6.07) is 2.21. The Hall–Kier alpha value is -1.62. The van der Waals surface area contributed by atoms with E-state index in [9.17, 15) is 0 Å². The van der Waals surface area contributed by atoms with Gasteiger partial charge in [0.1, 0.15) is 0 Å². The van der Waals surface area contributed by atoms with Crippen molar-refractivity contribution in [3.8, 4) is 0 Å². The number of hydrogen-bond donors (Lipinski definition) is 1. The van der Waals surface area contributed by atoms with Gasteiger partial charge in [0.15, 0.2) is 0 Å². The van der Waals surface area contributed by atoms with E-state index in [0.29, 0.717) is 0 Å². The lowest BCUT2D eigenvalue weighted by Crippen LogP contribution is -2.24. The fourth-order valence-corrected chi connectivity index (χ4v) is 2.31. The highest BCUT2D eigenvalue weighted by molar-refractivity contribution is 5.29. The highest BCUT2D eigenvalue weighted by Crippen LogP contribution is 2.24. The summed E-state index contributed by atoms with van der Waals surface area (Å²) in [5, 5.41) is 12.3. The largest absolute Gasteiger partial charge is 0.305 e. The van der Waals surface area contributed by atoms with Crippen molar-refractivity contribution in [3.63, 3.8) is 0 Å². The molecule has 1 N–H and O–H groups in total. The van der Waals surface area contributed by atoms with Crippen molar-refractivity contribution < 1.29 is 0 Å². The fourth-order valence-electron chi connectivity index (χ4n) is 2.31. The highest BCUT2D eigenvalue weighted by Gasteiger charge is 2.21. The van der Waals surface area contributed by atoms with Crippen LogP contribution in [-0.2, 0) is 20.5 Å². The zero-order valence-electron chi connectivity index (χ0n) is 11.5. The van der Waals surface area contributed by atoms with Gasteiger partial charge in [-0.15, -0.1) is 0 Å². The minimum Gasteiger partial charge on any atom is -0.305 e. The lowest BCUT2D eigenvalue weighted by molar-refractivity contribution is 0.569. The summed E-state index contributed by atoms with van der Waals surface area (Å²) in [4.78, 5) is 0. The molecule has 18 heavy (non-hydrogen) atoms. The molecule has 5 nitrogen and oxygen atoms in total. The fraction of sp³-hybridized carbons (Fsp3) is 0.538. The van der Waals surface area contributed by atoms with Gasteiger partial charge in [0.25, 0.3) is 0 Å².